The van der Waals surface area contributed by atoms with Crippen molar-refractivity contribution in [2.75, 3.05) is 0 Å². The highest BCUT2D eigenvalue weighted by molar-refractivity contribution is 6.51. The first-order chi connectivity index (χ1) is 12.8. The molecule has 4 rings (SSSR count). The van der Waals surface area contributed by atoms with E-state index in [1.54, 1.807) is 0 Å². The fourth-order valence-corrected chi connectivity index (χ4v) is 3.82. The van der Waals surface area contributed by atoms with Crippen LogP contribution in [0.4, 0.5) is 0 Å². The van der Waals surface area contributed by atoms with Crippen molar-refractivity contribution in [1.29, 1.82) is 0 Å². The Kier molecular flexibility index (Phi) is 4.40. The van der Waals surface area contributed by atoms with Gasteiger partial charge in [-0.3, -0.25) is 0 Å². The van der Waals surface area contributed by atoms with E-state index in [0.717, 1.165) is 6.42 Å². The Hall–Kier alpha value is -2.10. The SMILES string of the molecule is CC1(C)OB(C2(c3ccccc3)C=CC(c3ccccc3)=CC2)OC1(C)C. The lowest BCUT2D eigenvalue weighted by Gasteiger charge is -2.35. The molecule has 0 N–H and O–H groups in total. The maximum atomic E-state index is 6.50. The predicted molar refractivity (Wildman–Crippen MR) is 112 cm³/mol. The van der Waals surface area contributed by atoms with Gasteiger partial charge in [-0.05, 0) is 50.8 Å². The molecular weight excluding hydrogens is 331 g/mol. The first-order valence-electron chi connectivity index (χ1n) is 9.70. The Balaban J connectivity index is 1.73. The summed E-state index contributed by atoms with van der Waals surface area (Å²) in [6, 6.07) is 21.1. The van der Waals surface area contributed by atoms with Gasteiger partial charge in [0.1, 0.15) is 0 Å². The van der Waals surface area contributed by atoms with E-state index >= 15 is 0 Å². The quantitative estimate of drug-likeness (QED) is 0.665. The molecule has 1 aliphatic carbocycles. The molecule has 3 heteroatoms. The monoisotopic (exact) mass is 358 g/mol. The van der Waals surface area contributed by atoms with Gasteiger partial charge >= 0.3 is 7.12 Å². The molecule has 2 aromatic carbocycles. The first-order valence-corrected chi connectivity index (χ1v) is 9.70. The molecule has 27 heavy (non-hydrogen) atoms. The van der Waals surface area contributed by atoms with Crippen LogP contribution in [0.1, 0.15) is 45.2 Å². The minimum Gasteiger partial charge on any atom is -0.402 e. The van der Waals surface area contributed by atoms with Crippen LogP contribution in [-0.4, -0.2) is 18.3 Å². The van der Waals surface area contributed by atoms with Crippen LogP contribution < -0.4 is 0 Å². The highest BCUT2D eigenvalue weighted by Crippen LogP contribution is 2.47. The summed E-state index contributed by atoms with van der Waals surface area (Å²) in [6.45, 7) is 8.46. The molecule has 1 unspecified atom stereocenters. The van der Waals surface area contributed by atoms with Crippen LogP contribution in [-0.2, 0) is 14.6 Å². The molecule has 1 saturated heterocycles. The number of rotatable bonds is 3. The molecule has 0 aromatic heterocycles. The molecule has 0 radical (unpaired) electrons. The molecule has 1 aliphatic heterocycles. The Morgan fingerprint density at radius 3 is 1.85 bits per heavy atom. The zero-order chi connectivity index (χ0) is 19.1. The minimum atomic E-state index is -0.350. The van der Waals surface area contributed by atoms with Crippen LogP contribution in [0.25, 0.3) is 5.57 Å². The summed E-state index contributed by atoms with van der Waals surface area (Å²) in [4.78, 5) is 0. The van der Waals surface area contributed by atoms with Crippen molar-refractivity contribution in [3.05, 3.63) is 90.0 Å². The van der Waals surface area contributed by atoms with Gasteiger partial charge in [-0.2, -0.15) is 0 Å². The van der Waals surface area contributed by atoms with E-state index in [1.807, 2.05) is 0 Å². The van der Waals surface area contributed by atoms with E-state index in [4.69, 9.17) is 9.31 Å². The van der Waals surface area contributed by atoms with Crippen molar-refractivity contribution < 1.29 is 9.31 Å². The standard InChI is InChI=1S/C24H27BO2/c1-22(2)23(3,4)27-25(26-22)24(21-13-9-6-10-14-21)17-15-20(16-18-24)19-11-7-5-8-12-19/h5-17H,18H2,1-4H3. The van der Waals surface area contributed by atoms with E-state index in [9.17, 15) is 0 Å². The molecule has 0 bridgehead atoms. The van der Waals surface area contributed by atoms with Crippen LogP contribution in [0.15, 0.2) is 78.9 Å². The maximum absolute atomic E-state index is 6.50. The van der Waals surface area contributed by atoms with Gasteiger partial charge < -0.3 is 9.31 Å². The minimum absolute atomic E-state index is 0.324. The highest BCUT2D eigenvalue weighted by Gasteiger charge is 2.59. The van der Waals surface area contributed by atoms with Crippen molar-refractivity contribution >= 4 is 12.7 Å². The summed E-state index contributed by atoms with van der Waals surface area (Å²) in [6.07, 6.45) is 7.66. The van der Waals surface area contributed by atoms with Crippen LogP contribution in [0.3, 0.4) is 0 Å². The smallest absolute Gasteiger partial charge is 0.402 e. The van der Waals surface area contributed by atoms with E-state index in [2.05, 4.69) is 107 Å². The molecule has 0 saturated carbocycles. The molecule has 1 atom stereocenters. The van der Waals surface area contributed by atoms with Gasteiger partial charge in [-0.1, -0.05) is 78.9 Å². The first kappa shape index (κ1) is 18.3. The lowest BCUT2D eigenvalue weighted by Crippen LogP contribution is -2.45. The topological polar surface area (TPSA) is 18.5 Å². The van der Waals surface area contributed by atoms with Gasteiger partial charge in [0.2, 0.25) is 0 Å². The summed E-state index contributed by atoms with van der Waals surface area (Å²) in [7, 11) is -0.324. The van der Waals surface area contributed by atoms with Gasteiger partial charge in [0.05, 0.1) is 16.5 Å². The Morgan fingerprint density at radius 1 is 0.778 bits per heavy atom. The average Bonchev–Trinajstić information content (AvgIpc) is 2.91. The molecule has 2 aliphatic rings. The second kappa shape index (κ2) is 6.51. The van der Waals surface area contributed by atoms with Crippen molar-refractivity contribution in [3.63, 3.8) is 0 Å². The molecular formula is C24H27BO2. The van der Waals surface area contributed by atoms with Gasteiger partial charge in [-0.15, -0.1) is 0 Å². The Bertz CT molecular complexity index is 852. The van der Waals surface area contributed by atoms with Gasteiger partial charge in [-0.25, -0.2) is 0 Å². The second-order valence-corrected chi connectivity index (χ2v) is 8.56. The molecule has 0 amide bonds. The Labute approximate surface area is 163 Å². The highest BCUT2D eigenvalue weighted by atomic mass is 16.7. The van der Waals surface area contributed by atoms with Crippen LogP contribution >= 0.6 is 0 Å². The van der Waals surface area contributed by atoms with Gasteiger partial charge in [0.15, 0.2) is 0 Å². The zero-order valence-corrected chi connectivity index (χ0v) is 16.6. The zero-order valence-electron chi connectivity index (χ0n) is 16.6. The largest absolute Gasteiger partial charge is 0.473 e. The Morgan fingerprint density at radius 2 is 1.33 bits per heavy atom. The molecule has 2 nitrogen and oxygen atoms in total. The normalized spacial score (nSPS) is 26.1. The van der Waals surface area contributed by atoms with Crippen LogP contribution in [0.2, 0.25) is 0 Å². The number of benzene rings is 2. The third kappa shape index (κ3) is 3.09. The molecule has 2 aromatic rings. The summed E-state index contributed by atoms with van der Waals surface area (Å²) in [5, 5.41) is -0.329. The molecule has 1 heterocycles. The second-order valence-electron chi connectivity index (χ2n) is 8.56. The average molecular weight is 358 g/mol. The third-order valence-electron chi connectivity index (χ3n) is 6.31. The van der Waals surface area contributed by atoms with Crippen molar-refractivity contribution in [2.45, 2.75) is 50.6 Å². The fraction of sp³-hybridized carbons (Fsp3) is 0.333. The molecule has 1 fully saturated rings. The van der Waals surface area contributed by atoms with Gasteiger partial charge in [0.25, 0.3) is 0 Å². The van der Waals surface area contributed by atoms with E-state index in [1.165, 1.54) is 16.7 Å². The van der Waals surface area contributed by atoms with Crippen LogP contribution in [0.5, 0.6) is 0 Å². The molecule has 138 valence electrons. The lowest BCUT2D eigenvalue weighted by atomic mass is 9.51. The van der Waals surface area contributed by atoms with Crippen molar-refractivity contribution in [1.82, 2.24) is 0 Å². The summed E-state index contributed by atoms with van der Waals surface area (Å²) in [5.74, 6) is 0. The van der Waals surface area contributed by atoms with Crippen molar-refractivity contribution in [3.8, 4) is 0 Å². The number of allylic oxidation sites excluding steroid dienone is 4. The lowest BCUT2D eigenvalue weighted by molar-refractivity contribution is 0.00578. The van der Waals surface area contributed by atoms with E-state index in [-0.39, 0.29) is 23.6 Å². The summed E-state index contributed by atoms with van der Waals surface area (Å²) in [5.41, 5.74) is 3.01. The maximum Gasteiger partial charge on any atom is 0.473 e. The van der Waals surface area contributed by atoms with E-state index < -0.39 is 0 Å². The molecule has 0 spiro atoms. The predicted octanol–water partition coefficient (Wildman–Crippen LogP) is 5.60. The number of hydrogen-bond acceptors (Lipinski definition) is 2. The third-order valence-corrected chi connectivity index (χ3v) is 6.31. The van der Waals surface area contributed by atoms with Crippen molar-refractivity contribution in [2.24, 2.45) is 0 Å². The van der Waals surface area contributed by atoms with E-state index in [0.29, 0.717) is 0 Å². The number of hydrogen-bond donors (Lipinski definition) is 0. The fourth-order valence-electron chi connectivity index (χ4n) is 3.82. The van der Waals surface area contributed by atoms with Gasteiger partial charge in [0, 0.05) is 0 Å². The summed E-state index contributed by atoms with van der Waals surface area (Å²) >= 11 is 0. The van der Waals surface area contributed by atoms with Crippen LogP contribution in [0, 0.1) is 0 Å². The summed E-state index contributed by atoms with van der Waals surface area (Å²) < 4.78 is 13.0.